The van der Waals surface area contributed by atoms with Crippen molar-refractivity contribution in [2.45, 2.75) is 310 Å². The van der Waals surface area contributed by atoms with Crippen molar-refractivity contribution in [3.05, 3.63) is 255 Å². The van der Waals surface area contributed by atoms with E-state index in [9.17, 15) is 0 Å². The van der Waals surface area contributed by atoms with Gasteiger partial charge in [-0.05, 0) is 44.5 Å². The molecule has 0 amide bonds. The Morgan fingerprint density at radius 1 is 0.118 bits per heavy atom. The van der Waals surface area contributed by atoms with Crippen LogP contribution in [-0.4, -0.2) is 0 Å². The van der Waals surface area contributed by atoms with Crippen LogP contribution in [0.1, 0.15) is 310 Å². The molecule has 0 nitrogen and oxygen atoms in total. The van der Waals surface area contributed by atoms with Crippen molar-refractivity contribution >= 4 is 32.3 Å². The van der Waals surface area contributed by atoms with Crippen molar-refractivity contribution in [3.63, 3.8) is 0 Å². The fourth-order valence-corrected chi connectivity index (χ4v) is 4.56. The van der Waals surface area contributed by atoms with Gasteiger partial charge in [0.25, 0.3) is 0 Å². The van der Waals surface area contributed by atoms with Crippen LogP contribution in [0, 0.1) is 0 Å². The fourth-order valence-electron chi connectivity index (χ4n) is 4.56. The van der Waals surface area contributed by atoms with Gasteiger partial charge in [-0.15, -0.1) is 0 Å². The lowest BCUT2D eigenvalue weighted by molar-refractivity contribution is 1.09. The summed E-state index contributed by atoms with van der Waals surface area (Å²) in [5.74, 6) is 0. The summed E-state index contributed by atoms with van der Waals surface area (Å²) in [5.41, 5.74) is 0. The molecule has 0 aromatic heterocycles. The van der Waals surface area contributed by atoms with Crippen LogP contribution in [-0.2, 0) is 0 Å². The molecule has 0 atom stereocenters. The van der Waals surface area contributed by atoms with Crippen LogP contribution in [0.2, 0.25) is 0 Å². The maximum Gasteiger partial charge on any atom is -0.0178 e. The molecular formula is C93H174. The molecule has 93 heavy (non-hydrogen) atoms. The zero-order valence-corrected chi connectivity index (χ0v) is 71.4. The third-order valence-electron chi connectivity index (χ3n) is 6.94. The van der Waals surface area contributed by atoms with Gasteiger partial charge in [-0.2, -0.15) is 0 Å². The molecule has 0 bridgehead atoms. The van der Waals surface area contributed by atoms with Crippen LogP contribution in [0.15, 0.2) is 255 Å². The second-order valence-electron chi connectivity index (χ2n) is 12.6. The topological polar surface area (TPSA) is 0 Å². The lowest BCUT2D eigenvalue weighted by Crippen LogP contribution is -1.74. The van der Waals surface area contributed by atoms with E-state index >= 15 is 0 Å². The zero-order valence-electron chi connectivity index (χ0n) is 71.4. The van der Waals surface area contributed by atoms with Gasteiger partial charge >= 0.3 is 0 Å². The van der Waals surface area contributed by atoms with E-state index in [4.69, 9.17) is 0 Å². The van der Waals surface area contributed by atoms with E-state index in [1.807, 2.05) is 395 Å². The molecule has 0 saturated heterocycles. The van der Waals surface area contributed by atoms with Gasteiger partial charge in [0.05, 0.1) is 0 Å². The van der Waals surface area contributed by atoms with Crippen LogP contribution in [0.3, 0.4) is 0 Å². The Kier molecular flexibility index (Phi) is 278. The number of benzene rings is 9. The Hall–Kier alpha value is -6.24. The zero-order chi connectivity index (χ0) is 77.3. The predicted molar refractivity (Wildman–Crippen MR) is 463 cm³/mol. The monoisotopic (exact) mass is 1290 g/mol. The van der Waals surface area contributed by atoms with Gasteiger partial charge in [-0.1, -0.05) is 553 Å². The smallest absolute Gasteiger partial charge is 0.0178 e. The first kappa shape index (κ1) is 135. The molecule has 0 aliphatic carbocycles. The van der Waals surface area contributed by atoms with Gasteiger partial charge in [-0.25, -0.2) is 0 Å². The third-order valence-corrected chi connectivity index (χ3v) is 6.94. The molecule has 0 radical (unpaired) electrons. The van der Waals surface area contributed by atoms with E-state index in [1.54, 1.807) is 0 Å². The largest absolute Gasteiger partial charge is 0.0683 e. The minimum absolute atomic E-state index is 1.25. The second-order valence-corrected chi connectivity index (χ2v) is 12.6. The maximum atomic E-state index is 2.24. The molecule has 9 rings (SSSR count). The fraction of sp³-hybridized carbons (Fsp3) is 0.484. The van der Waals surface area contributed by atoms with E-state index in [0.717, 1.165) is 0 Å². The average molecular weight is 1290 g/mol. The van der Waals surface area contributed by atoms with Crippen molar-refractivity contribution in [1.82, 2.24) is 0 Å². The van der Waals surface area contributed by atoms with Crippen LogP contribution in [0.4, 0.5) is 0 Å². The van der Waals surface area contributed by atoms with Crippen molar-refractivity contribution in [1.29, 1.82) is 0 Å². The van der Waals surface area contributed by atoms with Crippen molar-refractivity contribution in [2.75, 3.05) is 0 Å². The standard InChI is InChI=1S/C14H10.C10H8.4C6H6.3C3H8.18C2H6/c1-2-6-12-10-14-8-4-3-7-13(14)9-11(12)5-1;1-2-6-10-8-4-3-7-9(10)5-1;4*1-2-4-6-5-3-1;3*1-3-2;18*1-2/h1-10H;1-8H;4*1-6H;3*3H2,1-2H3;18*1-2H3. The SMILES string of the molecule is CC.CC.CC.CC.CC.CC.CC.CC.CC.CC.CC.CC.CC.CC.CC.CC.CC.CC.CCC.CCC.CCC.c1ccc2cc3ccccc3cc2c1.c1ccc2ccccc2c1.c1ccccc1.c1ccccc1.c1ccccc1.c1ccccc1. The van der Waals surface area contributed by atoms with Crippen molar-refractivity contribution in [2.24, 2.45) is 0 Å². The molecule has 9 aromatic rings. The van der Waals surface area contributed by atoms with Crippen LogP contribution in [0.5, 0.6) is 0 Å². The van der Waals surface area contributed by atoms with E-state index in [0.29, 0.717) is 0 Å². The molecule has 0 N–H and O–H groups in total. The Balaban J connectivity index is -0.0000000410. The highest BCUT2D eigenvalue weighted by Gasteiger charge is 1.95. The summed E-state index contributed by atoms with van der Waals surface area (Å²) in [7, 11) is 0. The summed E-state index contributed by atoms with van der Waals surface area (Å²) in [6, 6.07) is 86.1. The number of fused-ring (bicyclic) bond motifs is 3. The predicted octanol–water partition coefficient (Wildman–Crippen LogP) is 36.3. The van der Waals surface area contributed by atoms with Crippen LogP contribution in [0.25, 0.3) is 32.3 Å². The number of hydrogen-bond donors (Lipinski definition) is 0. The van der Waals surface area contributed by atoms with E-state index < -0.39 is 0 Å². The summed E-state index contributed by atoms with van der Waals surface area (Å²) >= 11 is 0. The van der Waals surface area contributed by atoms with Gasteiger partial charge in [0.1, 0.15) is 0 Å². The van der Waals surface area contributed by atoms with E-state index in [1.165, 1.54) is 51.6 Å². The summed E-state index contributed by atoms with van der Waals surface area (Å²) in [6.07, 6.45) is 3.75. The Morgan fingerprint density at radius 3 is 0.258 bits per heavy atom. The second kappa shape index (κ2) is 191. The van der Waals surface area contributed by atoms with E-state index in [-0.39, 0.29) is 0 Å². The third kappa shape index (κ3) is 139. The average Bonchev–Trinajstić information content (AvgIpc) is 0.959. The molecule has 0 spiro atoms. The summed E-state index contributed by atoms with van der Waals surface area (Å²) in [4.78, 5) is 0. The first-order chi connectivity index (χ1) is 46.1. The minimum Gasteiger partial charge on any atom is -0.0683 e. The van der Waals surface area contributed by atoms with Crippen LogP contribution < -0.4 is 0 Å². The quantitative estimate of drug-likeness (QED) is 0.133. The highest BCUT2D eigenvalue weighted by Crippen LogP contribution is 2.22. The maximum absolute atomic E-state index is 2.24. The molecule has 546 valence electrons. The lowest BCUT2D eigenvalue weighted by atomic mass is 10.0. The summed E-state index contributed by atoms with van der Waals surface area (Å²) in [5, 5.41) is 7.87. The highest BCUT2D eigenvalue weighted by atomic mass is 14.0. The van der Waals surface area contributed by atoms with Crippen molar-refractivity contribution in [3.8, 4) is 0 Å². The first-order valence-electron chi connectivity index (χ1n) is 38.5. The Morgan fingerprint density at radius 2 is 0.183 bits per heavy atom. The molecule has 0 saturated carbocycles. The summed E-state index contributed by atoms with van der Waals surface area (Å²) < 4.78 is 0. The van der Waals surface area contributed by atoms with Crippen LogP contribution >= 0.6 is 0 Å². The minimum atomic E-state index is 1.25. The molecule has 9 aromatic carbocycles. The lowest BCUT2D eigenvalue weighted by Gasteiger charge is -2.00. The van der Waals surface area contributed by atoms with Gasteiger partial charge in [0.2, 0.25) is 0 Å². The van der Waals surface area contributed by atoms with Gasteiger partial charge in [-0.3, -0.25) is 0 Å². The Bertz CT molecular complexity index is 1700. The molecule has 0 aliphatic heterocycles. The molecule has 0 fully saturated rings. The summed E-state index contributed by atoms with van der Waals surface area (Å²) in [6.45, 7) is 84.8. The van der Waals surface area contributed by atoms with Crippen molar-refractivity contribution < 1.29 is 0 Å². The normalized spacial score (nSPS) is 6.52. The molecular weight excluding hydrogens is 1120 g/mol. The van der Waals surface area contributed by atoms with Gasteiger partial charge in [0.15, 0.2) is 0 Å². The first-order valence-corrected chi connectivity index (χ1v) is 38.5. The molecule has 0 heterocycles. The molecule has 0 heteroatoms. The number of rotatable bonds is 0. The number of hydrogen-bond acceptors (Lipinski definition) is 0. The molecule has 0 aliphatic rings. The molecule has 0 unspecified atom stereocenters. The van der Waals surface area contributed by atoms with E-state index in [2.05, 4.69) is 151 Å². The Labute approximate surface area is 593 Å². The van der Waals surface area contributed by atoms with Gasteiger partial charge < -0.3 is 0 Å². The van der Waals surface area contributed by atoms with Gasteiger partial charge in [0, 0.05) is 0 Å². The highest BCUT2D eigenvalue weighted by molar-refractivity contribution is 5.98.